The molecule has 0 aromatic carbocycles. The van der Waals surface area contributed by atoms with Gasteiger partial charge in [0.05, 0.1) is 13.7 Å². The Morgan fingerprint density at radius 3 is 2.64 bits per heavy atom. The molecule has 1 saturated carbocycles. The van der Waals surface area contributed by atoms with Gasteiger partial charge in [0.15, 0.2) is 0 Å². The molecule has 1 unspecified atom stereocenters. The molecule has 1 amide bonds. The minimum atomic E-state index is -0.286. The molecule has 2 aliphatic rings. The minimum Gasteiger partial charge on any atom is -0.453 e. The summed E-state index contributed by atoms with van der Waals surface area (Å²) in [6.07, 6.45) is 0.645. The third-order valence-electron chi connectivity index (χ3n) is 3.79. The van der Waals surface area contributed by atoms with Crippen LogP contribution in [0, 0.1) is 10.8 Å². The van der Waals surface area contributed by atoms with E-state index in [-0.39, 0.29) is 23.5 Å². The van der Waals surface area contributed by atoms with Gasteiger partial charge < -0.3 is 20.5 Å². The van der Waals surface area contributed by atoms with Crippen molar-refractivity contribution in [2.45, 2.75) is 6.42 Å². The van der Waals surface area contributed by atoms with Crippen molar-refractivity contribution in [2.24, 2.45) is 16.6 Å². The number of rotatable bonds is 2. The molecule has 1 atom stereocenters. The molecule has 1 spiro atoms. The molecule has 1 heterocycles. The number of carbonyl (C=O) groups is 1. The second-order valence-corrected chi connectivity index (χ2v) is 4.43. The molecule has 80 valence electrons. The van der Waals surface area contributed by atoms with Crippen molar-refractivity contribution in [1.29, 1.82) is 0 Å². The SMILES string of the molecule is COC(=O)N1CC2(C1)CC2(CN)CO. The highest BCUT2D eigenvalue weighted by Crippen LogP contribution is 2.67. The molecule has 2 fully saturated rings. The van der Waals surface area contributed by atoms with Crippen LogP contribution in [-0.2, 0) is 4.74 Å². The molecule has 0 bridgehead atoms. The number of nitrogens with zero attached hydrogens (tertiary/aromatic N) is 1. The number of hydrogen-bond acceptors (Lipinski definition) is 4. The van der Waals surface area contributed by atoms with Gasteiger partial charge in [0, 0.05) is 30.5 Å². The summed E-state index contributed by atoms with van der Waals surface area (Å²) in [5.41, 5.74) is 5.58. The van der Waals surface area contributed by atoms with Crippen LogP contribution in [0.3, 0.4) is 0 Å². The van der Waals surface area contributed by atoms with Crippen LogP contribution in [0.25, 0.3) is 0 Å². The predicted molar refractivity (Wildman–Crippen MR) is 49.6 cm³/mol. The molecule has 5 heteroatoms. The fourth-order valence-corrected chi connectivity index (χ4v) is 2.57. The lowest BCUT2D eigenvalue weighted by Crippen LogP contribution is -2.55. The molecule has 3 N–H and O–H groups in total. The molecule has 0 aromatic heterocycles. The number of aliphatic hydroxyl groups excluding tert-OH is 1. The Kier molecular flexibility index (Phi) is 1.97. The fraction of sp³-hybridized carbons (Fsp3) is 0.889. The van der Waals surface area contributed by atoms with Crippen molar-refractivity contribution in [3.05, 3.63) is 0 Å². The van der Waals surface area contributed by atoms with Crippen molar-refractivity contribution < 1.29 is 14.6 Å². The lowest BCUT2D eigenvalue weighted by Gasteiger charge is -2.41. The standard InChI is InChI=1S/C9H16N2O3/c1-14-7(13)11-4-9(5-11)2-8(9,3-10)6-12/h12H,2-6,10H2,1H3. The third-order valence-corrected chi connectivity index (χ3v) is 3.79. The van der Waals surface area contributed by atoms with Crippen LogP contribution < -0.4 is 5.73 Å². The van der Waals surface area contributed by atoms with E-state index in [9.17, 15) is 9.90 Å². The van der Waals surface area contributed by atoms with Crippen LogP contribution in [0.2, 0.25) is 0 Å². The van der Waals surface area contributed by atoms with Crippen molar-refractivity contribution in [3.8, 4) is 0 Å². The Bertz CT molecular complexity index is 257. The zero-order valence-electron chi connectivity index (χ0n) is 8.32. The second kappa shape index (κ2) is 2.84. The number of methoxy groups -OCH3 is 1. The predicted octanol–water partition coefficient (Wildman–Crippen LogP) is -0.604. The van der Waals surface area contributed by atoms with Crippen LogP contribution in [0.4, 0.5) is 4.79 Å². The van der Waals surface area contributed by atoms with Crippen molar-refractivity contribution in [1.82, 2.24) is 4.90 Å². The van der Waals surface area contributed by atoms with Crippen molar-refractivity contribution in [3.63, 3.8) is 0 Å². The van der Waals surface area contributed by atoms with Crippen molar-refractivity contribution >= 4 is 6.09 Å². The van der Waals surface area contributed by atoms with Gasteiger partial charge in [0.1, 0.15) is 0 Å². The van der Waals surface area contributed by atoms with E-state index in [0.717, 1.165) is 6.42 Å². The number of ether oxygens (including phenoxy) is 1. The maximum Gasteiger partial charge on any atom is 0.409 e. The van der Waals surface area contributed by atoms with Crippen LogP contribution in [-0.4, -0.2) is 49.5 Å². The van der Waals surface area contributed by atoms with Gasteiger partial charge in [0.2, 0.25) is 0 Å². The summed E-state index contributed by atoms with van der Waals surface area (Å²) in [7, 11) is 1.38. The number of amides is 1. The maximum atomic E-state index is 11.1. The van der Waals surface area contributed by atoms with Crippen LogP contribution in [0.1, 0.15) is 6.42 Å². The molecule has 1 aliphatic carbocycles. The van der Waals surface area contributed by atoms with Gasteiger partial charge >= 0.3 is 6.09 Å². The highest BCUT2D eigenvalue weighted by Gasteiger charge is 2.72. The average molecular weight is 200 g/mol. The van der Waals surface area contributed by atoms with Crippen LogP contribution in [0.15, 0.2) is 0 Å². The average Bonchev–Trinajstić information content (AvgIpc) is 2.84. The highest BCUT2D eigenvalue weighted by atomic mass is 16.5. The normalized spacial score (nSPS) is 32.6. The van der Waals surface area contributed by atoms with Gasteiger partial charge in [-0.2, -0.15) is 0 Å². The van der Waals surface area contributed by atoms with Gasteiger partial charge in [-0.15, -0.1) is 0 Å². The summed E-state index contributed by atoms with van der Waals surface area (Å²) < 4.78 is 4.60. The Hall–Kier alpha value is -0.810. The minimum absolute atomic E-state index is 0.0880. The Morgan fingerprint density at radius 1 is 1.64 bits per heavy atom. The van der Waals surface area contributed by atoms with Gasteiger partial charge in [-0.1, -0.05) is 0 Å². The first-order chi connectivity index (χ1) is 6.63. The molecular formula is C9H16N2O3. The lowest BCUT2D eigenvalue weighted by atomic mass is 9.86. The summed E-state index contributed by atoms with van der Waals surface area (Å²) in [6.45, 7) is 1.98. The molecule has 5 nitrogen and oxygen atoms in total. The third kappa shape index (κ3) is 0.994. The van der Waals surface area contributed by atoms with Gasteiger partial charge in [-0.05, 0) is 6.42 Å². The van der Waals surface area contributed by atoms with E-state index < -0.39 is 0 Å². The van der Waals surface area contributed by atoms with E-state index in [2.05, 4.69) is 4.74 Å². The first-order valence-corrected chi connectivity index (χ1v) is 4.77. The smallest absolute Gasteiger partial charge is 0.409 e. The molecule has 0 radical (unpaired) electrons. The number of likely N-dealkylation sites (tertiary alicyclic amines) is 1. The van der Waals surface area contributed by atoms with Gasteiger partial charge in [0.25, 0.3) is 0 Å². The first kappa shape index (κ1) is 9.73. The summed E-state index contributed by atoms with van der Waals surface area (Å²) in [4.78, 5) is 12.8. The van der Waals surface area contributed by atoms with E-state index >= 15 is 0 Å². The maximum absolute atomic E-state index is 11.1. The second-order valence-electron chi connectivity index (χ2n) is 4.43. The van der Waals surface area contributed by atoms with E-state index in [1.807, 2.05) is 0 Å². The topological polar surface area (TPSA) is 75.8 Å². The zero-order chi connectivity index (χ0) is 10.4. The van der Waals surface area contributed by atoms with E-state index in [1.165, 1.54) is 7.11 Å². The van der Waals surface area contributed by atoms with Gasteiger partial charge in [-0.3, -0.25) is 0 Å². The molecule has 1 aliphatic heterocycles. The van der Waals surface area contributed by atoms with Gasteiger partial charge in [-0.25, -0.2) is 4.79 Å². The quantitative estimate of drug-likeness (QED) is 0.624. The highest BCUT2D eigenvalue weighted by molar-refractivity contribution is 5.69. The summed E-state index contributed by atoms with van der Waals surface area (Å²) in [5, 5.41) is 9.22. The molecule has 1 saturated heterocycles. The summed E-state index contributed by atoms with van der Waals surface area (Å²) in [5.74, 6) is 0. The van der Waals surface area contributed by atoms with Crippen LogP contribution >= 0.6 is 0 Å². The fourth-order valence-electron chi connectivity index (χ4n) is 2.57. The summed E-state index contributed by atoms with van der Waals surface area (Å²) in [6, 6.07) is 0. The summed E-state index contributed by atoms with van der Waals surface area (Å²) >= 11 is 0. The monoisotopic (exact) mass is 200 g/mol. The first-order valence-electron chi connectivity index (χ1n) is 4.77. The molecule has 14 heavy (non-hydrogen) atoms. The number of nitrogens with two attached hydrogens (primary N) is 1. The number of aliphatic hydroxyl groups is 1. The largest absolute Gasteiger partial charge is 0.453 e. The number of hydrogen-bond donors (Lipinski definition) is 2. The zero-order valence-corrected chi connectivity index (χ0v) is 8.32. The lowest BCUT2D eigenvalue weighted by molar-refractivity contribution is 0.0265. The van der Waals surface area contributed by atoms with E-state index in [4.69, 9.17) is 5.73 Å². The van der Waals surface area contributed by atoms with Crippen molar-refractivity contribution in [2.75, 3.05) is 33.4 Å². The Balaban J connectivity index is 1.92. The molecular weight excluding hydrogens is 184 g/mol. The Labute approximate surface area is 82.8 Å². The van der Waals surface area contributed by atoms with E-state index in [0.29, 0.717) is 19.6 Å². The molecule has 2 rings (SSSR count). The van der Waals surface area contributed by atoms with E-state index in [1.54, 1.807) is 4.90 Å². The molecule has 0 aromatic rings. The Morgan fingerprint density at radius 2 is 2.29 bits per heavy atom. The van der Waals surface area contributed by atoms with Crippen LogP contribution in [0.5, 0.6) is 0 Å². The number of carbonyl (C=O) groups excluding carboxylic acids is 1.